The highest BCUT2D eigenvalue weighted by Crippen LogP contribution is 2.31. The monoisotopic (exact) mass is 416 g/mol. The van der Waals surface area contributed by atoms with Crippen LogP contribution in [-0.4, -0.2) is 25.5 Å². The molecule has 0 saturated heterocycles. The van der Waals surface area contributed by atoms with Crippen molar-refractivity contribution in [2.24, 2.45) is 0 Å². The van der Waals surface area contributed by atoms with Gasteiger partial charge in [-0.1, -0.05) is 48.2 Å². The summed E-state index contributed by atoms with van der Waals surface area (Å²) < 4.78 is 15.9. The predicted octanol–water partition coefficient (Wildman–Crippen LogP) is 5.29. The number of benzene rings is 3. The average Bonchev–Trinajstić information content (AvgIpc) is 3.15. The van der Waals surface area contributed by atoms with Crippen molar-refractivity contribution in [3.05, 3.63) is 78.6 Å². The Morgan fingerprint density at radius 3 is 2.50 bits per heavy atom. The largest absolute Gasteiger partial charge is 0.323 e. The van der Waals surface area contributed by atoms with Gasteiger partial charge in [-0.05, 0) is 43.3 Å². The lowest BCUT2D eigenvalue weighted by Gasteiger charge is -2.14. The highest BCUT2D eigenvalue weighted by Gasteiger charge is 2.21. The van der Waals surface area contributed by atoms with Gasteiger partial charge in [-0.3, -0.25) is 9.20 Å². The third kappa shape index (κ3) is 3.17. The molecule has 0 fully saturated rings. The minimum atomic E-state index is -0.498. The van der Waals surface area contributed by atoms with Crippen molar-refractivity contribution in [2.45, 2.75) is 17.3 Å². The van der Waals surface area contributed by atoms with Gasteiger partial charge in [-0.15, -0.1) is 0 Å². The molecule has 0 aliphatic heterocycles. The summed E-state index contributed by atoms with van der Waals surface area (Å²) in [6.07, 6.45) is 0. The Kier molecular flexibility index (Phi) is 4.59. The molecule has 0 radical (unpaired) electrons. The first-order valence-corrected chi connectivity index (χ1v) is 10.4. The van der Waals surface area contributed by atoms with E-state index in [-0.39, 0.29) is 11.6 Å². The summed E-state index contributed by atoms with van der Waals surface area (Å²) in [5, 5.41) is 3.77. The van der Waals surface area contributed by atoms with Crippen molar-refractivity contribution >= 4 is 50.9 Å². The lowest BCUT2D eigenvalue weighted by Crippen LogP contribution is -2.23. The van der Waals surface area contributed by atoms with Crippen LogP contribution in [0.4, 0.5) is 10.1 Å². The number of imidazole rings is 1. The second kappa shape index (κ2) is 7.42. The summed E-state index contributed by atoms with van der Waals surface area (Å²) in [6, 6.07) is 21.8. The zero-order valence-electron chi connectivity index (χ0n) is 16.0. The number of rotatable bonds is 4. The molecule has 0 bridgehead atoms. The fraction of sp³-hybridized carbons (Fsp3) is 0.0870. The maximum atomic E-state index is 13.9. The highest BCUT2D eigenvalue weighted by atomic mass is 32.2. The second-order valence-corrected chi connectivity index (χ2v) is 8.21. The molecule has 5 nitrogen and oxygen atoms in total. The molecule has 0 aliphatic carbocycles. The van der Waals surface area contributed by atoms with Gasteiger partial charge in [0.1, 0.15) is 11.5 Å². The highest BCUT2D eigenvalue weighted by molar-refractivity contribution is 8.00. The first-order chi connectivity index (χ1) is 14.6. The van der Waals surface area contributed by atoms with Crippen LogP contribution in [-0.2, 0) is 4.79 Å². The quantitative estimate of drug-likeness (QED) is 0.319. The van der Waals surface area contributed by atoms with Crippen LogP contribution in [0.1, 0.15) is 6.92 Å². The van der Waals surface area contributed by atoms with E-state index in [2.05, 4.69) is 5.32 Å². The number of amides is 1. The Morgan fingerprint density at radius 1 is 0.967 bits per heavy atom. The fourth-order valence-electron chi connectivity index (χ4n) is 3.40. The molecular weight excluding hydrogens is 399 g/mol. The number of anilines is 1. The normalized spacial score (nSPS) is 12.5. The Bertz CT molecular complexity index is 1410. The van der Waals surface area contributed by atoms with Gasteiger partial charge in [0.05, 0.1) is 27.5 Å². The van der Waals surface area contributed by atoms with E-state index in [0.29, 0.717) is 5.16 Å². The van der Waals surface area contributed by atoms with Gasteiger partial charge >= 0.3 is 0 Å². The molecule has 0 aliphatic rings. The first kappa shape index (κ1) is 18.6. The summed E-state index contributed by atoms with van der Waals surface area (Å²) in [7, 11) is 0. The molecule has 0 saturated carbocycles. The molecule has 1 atom stereocenters. The van der Waals surface area contributed by atoms with Crippen molar-refractivity contribution in [3.63, 3.8) is 0 Å². The zero-order chi connectivity index (χ0) is 20.7. The molecule has 3 aromatic carbocycles. The number of aromatic nitrogens is 3. The molecule has 30 heavy (non-hydrogen) atoms. The van der Waals surface area contributed by atoms with E-state index < -0.39 is 11.1 Å². The standard InChI is InChI=1S/C23H17FN4OS/c1-14(22(29)26-18-11-5-3-9-16(18)24)30-23-27-17-10-4-2-8-15(17)21-25-19-12-6-7-13-20(19)28(21)23/h2-14H,1H3,(H,26,29)/t14-/m1/s1. The molecule has 5 aromatic rings. The van der Waals surface area contributed by atoms with Crippen LogP contribution in [0.2, 0.25) is 0 Å². The zero-order valence-corrected chi connectivity index (χ0v) is 16.9. The smallest absolute Gasteiger partial charge is 0.237 e. The molecule has 0 unspecified atom stereocenters. The van der Waals surface area contributed by atoms with Crippen molar-refractivity contribution in [2.75, 3.05) is 5.32 Å². The third-order valence-electron chi connectivity index (χ3n) is 4.90. The Balaban J connectivity index is 1.57. The van der Waals surface area contributed by atoms with Gasteiger partial charge in [0.2, 0.25) is 5.91 Å². The van der Waals surface area contributed by atoms with E-state index in [9.17, 15) is 9.18 Å². The van der Waals surface area contributed by atoms with E-state index in [1.54, 1.807) is 25.1 Å². The summed E-state index contributed by atoms with van der Waals surface area (Å²) in [5.41, 5.74) is 3.56. The van der Waals surface area contributed by atoms with E-state index >= 15 is 0 Å². The second-order valence-electron chi connectivity index (χ2n) is 6.90. The fourth-order valence-corrected chi connectivity index (χ4v) is 4.32. The van der Waals surface area contributed by atoms with Crippen LogP contribution in [0, 0.1) is 5.82 Å². The number of carbonyl (C=O) groups excluding carboxylic acids is 1. The lowest BCUT2D eigenvalue weighted by molar-refractivity contribution is -0.115. The van der Waals surface area contributed by atoms with Gasteiger partial charge in [0.25, 0.3) is 0 Å². The molecule has 1 amide bonds. The molecule has 148 valence electrons. The van der Waals surface area contributed by atoms with Gasteiger partial charge in [0, 0.05) is 5.39 Å². The molecular formula is C23H17FN4OS. The Hall–Kier alpha value is -3.45. The summed E-state index contributed by atoms with van der Waals surface area (Å²) >= 11 is 1.32. The van der Waals surface area contributed by atoms with Gasteiger partial charge in [-0.2, -0.15) is 0 Å². The lowest BCUT2D eigenvalue weighted by atomic mass is 10.2. The van der Waals surface area contributed by atoms with Gasteiger partial charge in [-0.25, -0.2) is 14.4 Å². The molecule has 2 heterocycles. The van der Waals surface area contributed by atoms with Crippen molar-refractivity contribution < 1.29 is 9.18 Å². The van der Waals surface area contributed by atoms with Crippen molar-refractivity contribution in [1.29, 1.82) is 0 Å². The minimum Gasteiger partial charge on any atom is -0.323 e. The van der Waals surface area contributed by atoms with E-state index in [4.69, 9.17) is 9.97 Å². The number of para-hydroxylation sites is 4. The van der Waals surface area contributed by atoms with Crippen LogP contribution in [0.25, 0.3) is 27.6 Å². The number of hydrogen-bond acceptors (Lipinski definition) is 4. The molecule has 0 spiro atoms. The number of carbonyl (C=O) groups is 1. The van der Waals surface area contributed by atoms with Crippen LogP contribution >= 0.6 is 11.8 Å². The molecule has 2 aromatic heterocycles. The van der Waals surface area contributed by atoms with Crippen LogP contribution in [0.15, 0.2) is 78.0 Å². The Morgan fingerprint density at radius 2 is 1.67 bits per heavy atom. The maximum Gasteiger partial charge on any atom is 0.237 e. The number of thioether (sulfide) groups is 1. The number of halogens is 1. The van der Waals surface area contributed by atoms with Gasteiger partial charge < -0.3 is 5.32 Å². The third-order valence-corrected chi connectivity index (χ3v) is 5.95. The molecule has 7 heteroatoms. The number of hydrogen-bond donors (Lipinski definition) is 1. The molecule has 1 N–H and O–H groups in total. The SMILES string of the molecule is C[C@@H](Sc1nc2ccccc2c2nc3ccccc3n12)C(=O)Nc1ccccc1F. The van der Waals surface area contributed by atoms with Crippen LogP contribution < -0.4 is 5.32 Å². The summed E-state index contributed by atoms with van der Waals surface area (Å²) in [4.78, 5) is 22.3. The minimum absolute atomic E-state index is 0.166. The van der Waals surface area contributed by atoms with Crippen LogP contribution in [0.3, 0.4) is 0 Å². The van der Waals surface area contributed by atoms with Crippen molar-refractivity contribution in [1.82, 2.24) is 14.4 Å². The molecule has 5 rings (SSSR count). The first-order valence-electron chi connectivity index (χ1n) is 9.50. The number of fused-ring (bicyclic) bond motifs is 5. The number of nitrogens with zero attached hydrogens (tertiary/aromatic N) is 3. The van der Waals surface area contributed by atoms with Crippen molar-refractivity contribution in [3.8, 4) is 0 Å². The van der Waals surface area contributed by atoms with E-state index in [0.717, 1.165) is 27.6 Å². The van der Waals surface area contributed by atoms with E-state index in [1.807, 2.05) is 52.9 Å². The van der Waals surface area contributed by atoms with Crippen LogP contribution in [0.5, 0.6) is 0 Å². The number of nitrogens with one attached hydrogen (secondary N) is 1. The summed E-state index contributed by atoms with van der Waals surface area (Å²) in [6.45, 7) is 1.78. The summed E-state index contributed by atoms with van der Waals surface area (Å²) in [5.74, 6) is -0.757. The Labute approximate surface area is 176 Å². The average molecular weight is 416 g/mol. The topological polar surface area (TPSA) is 59.3 Å². The maximum absolute atomic E-state index is 13.9. The van der Waals surface area contributed by atoms with E-state index in [1.165, 1.54) is 17.8 Å². The predicted molar refractivity (Wildman–Crippen MR) is 118 cm³/mol. The van der Waals surface area contributed by atoms with Gasteiger partial charge in [0.15, 0.2) is 5.16 Å².